The van der Waals surface area contributed by atoms with Crippen LogP contribution in [0.25, 0.3) is 11.1 Å². The Morgan fingerprint density at radius 2 is 1.68 bits per heavy atom. The second-order valence-corrected chi connectivity index (χ2v) is 14.1. The number of carbonyl (C=O) groups is 1. The van der Waals surface area contributed by atoms with Crippen molar-refractivity contribution in [2.75, 3.05) is 19.7 Å². The first-order chi connectivity index (χ1) is 23.9. The fraction of sp³-hybridized carbons (Fsp3) is 0.514. The van der Waals surface area contributed by atoms with Crippen molar-refractivity contribution in [2.45, 2.75) is 101 Å². The van der Waals surface area contributed by atoms with Gasteiger partial charge in [-0.1, -0.05) is 41.4 Å². The molecule has 2 fully saturated rings. The summed E-state index contributed by atoms with van der Waals surface area (Å²) in [5.74, 6) is -0.0622. The van der Waals surface area contributed by atoms with Gasteiger partial charge in [0.25, 0.3) is 5.91 Å². The van der Waals surface area contributed by atoms with Crippen molar-refractivity contribution in [3.63, 3.8) is 0 Å². The van der Waals surface area contributed by atoms with Crippen molar-refractivity contribution < 1.29 is 44.9 Å². The molecule has 11 nitrogen and oxygen atoms in total. The average Bonchev–Trinajstić information content (AvgIpc) is 4.06. The summed E-state index contributed by atoms with van der Waals surface area (Å²) in [5, 5.41) is 60.0. The normalized spacial score (nSPS) is 18.2. The molecule has 1 heterocycles. The molecular weight excluding hydrogens is 687 g/mol. The molecular formula is C37H46Cl2N2O9. The first kappa shape index (κ1) is 38.4. The van der Waals surface area contributed by atoms with E-state index in [1.54, 1.807) is 6.20 Å². The Morgan fingerprint density at radius 1 is 0.980 bits per heavy atom. The van der Waals surface area contributed by atoms with Crippen molar-refractivity contribution in [1.29, 1.82) is 0 Å². The molecule has 0 spiro atoms. The molecule has 0 bridgehead atoms. The minimum atomic E-state index is -2.07. The van der Waals surface area contributed by atoms with E-state index in [-0.39, 0.29) is 25.8 Å². The van der Waals surface area contributed by atoms with E-state index in [0.29, 0.717) is 29.3 Å². The number of amides is 1. The third kappa shape index (κ3) is 9.52. The van der Waals surface area contributed by atoms with E-state index >= 15 is 0 Å². The van der Waals surface area contributed by atoms with Gasteiger partial charge in [0.05, 0.1) is 31.0 Å². The van der Waals surface area contributed by atoms with Gasteiger partial charge in [-0.05, 0) is 92.8 Å². The van der Waals surface area contributed by atoms with Crippen molar-refractivity contribution in [2.24, 2.45) is 0 Å². The summed E-state index contributed by atoms with van der Waals surface area (Å²) in [6, 6.07) is 13.7. The van der Waals surface area contributed by atoms with Crippen molar-refractivity contribution >= 4 is 29.1 Å². The minimum Gasteiger partial charge on any atom is -0.490 e. The Balaban J connectivity index is 1.19. The lowest BCUT2D eigenvalue weighted by Gasteiger charge is -2.30. The van der Waals surface area contributed by atoms with E-state index < -0.39 is 48.6 Å². The predicted octanol–water partition coefficient (Wildman–Crippen LogP) is 3.77. The highest BCUT2D eigenvalue weighted by molar-refractivity contribution is 6.34. The molecule has 5 atom stereocenters. The van der Waals surface area contributed by atoms with E-state index in [0.717, 1.165) is 59.3 Å². The molecule has 3 aromatic rings. The molecule has 0 saturated heterocycles. The largest absolute Gasteiger partial charge is 0.490 e. The van der Waals surface area contributed by atoms with Crippen LogP contribution >= 0.6 is 23.2 Å². The molecule has 13 heteroatoms. The highest BCUT2D eigenvalue weighted by Crippen LogP contribution is 2.53. The van der Waals surface area contributed by atoms with Crippen LogP contribution in [0.15, 0.2) is 54.9 Å². The van der Waals surface area contributed by atoms with E-state index in [1.165, 1.54) is 11.8 Å². The van der Waals surface area contributed by atoms with Gasteiger partial charge in [0.1, 0.15) is 24.1 Å². The molecule has 5 rings (SSSR count). The van der Waals surface area contributed by atoms with Crippen molar-refractivity contribution in [3.05, 3.63) is 81.6 Å². The lowest BCUT2D eigenvalue weighted by Crippen LogP contribution is -2.53. The zero-order valence-electron chi connectivity index (χ0n) is 28.0. The lowest BCUT2D eigenvalue weighted by atomic mass is 9.96. The van der Waals surface area contributed by atoms with Crippen LogP contribution in [0.2, 0.25) is 10.0 Å². The molecule has 1 amide bonds. The van der Waals surface area contributed by atoms with Gasteiger partial charge in [-0.3, -0.25) is 9.78 Å². The first-order valence-electron chi connectivity index (χ1n) is 17.1. The number of carbonyl (C=O) groups excluding carboxylic acids is 1. The number of para-hydroxylation sites is 1. The van der Waals surface area contributed by atoms with Crippen molar-refractivity contribution in [3.8, 4) is 16.9 Å². The van der Waals surface area contributed by atoms with Crippen LogP contribution in [0.4, 0.5) is 0 Å². The molecule has 2 aromatic carbocycles. The third-order valence-corrected chi connectivity index (χ3v) is 9.86. The van der Waals surface area contributed by atoms with Crippen LogP contribution in [-0.4, -0.2) is 103 Å². The third-order valence-electron chi connectivity index (χ3n) is 9.16. The molecule has 2 aliphatic rings. The Labute approximate surface area is 302 Å². The molecule has 50 heavy (non-hydrogen) atoms. The Kier molecular flexibility index (Phi) is 13.1. The number of aromatic nitrogens is 1. The topological polar surface area (TPSA) is 173 Å². The van der Waals surface area contributed by atoms with Gasteiger partial charge < -0.3 is 45.0 Å². The zero-order valence-corrected chi connectivity index (χ0v) is 29.5. The lowest BCUT2D eigenvalue weighted by molar-refractivity contribution is -0.159. The predicted molar refractivity (Wildman–Crippen MR) is 188 cm³/mol. The molecule has 1 aromatic heterocycles. The summed E-state index contributed by atoms with van der Waals surface area (Å²) in [6.45, 7) is 0.883. The molecule has 0 radical (unpaired) electrons. The van der Waals surface area contributed by atoms with Gasteiger partial charge in [-0.15, -0.1) is 0 Å². The van der Waals surface area contributed by atoms with Gasteiger partial charge in [-0.25, -0.2) is 0 Å². The van der Waals surface area contributed by atoms with E-state index in [1.807, 2.05) is 42.6 Å². The summed E-state index contributed by atoms with van der Waals surface area (Å²) in [4.78, 5) is 18.5. The number of ether oxygens (including phenoxy) is 2. The van der Waals surface area contributed by atoms with Gasteiger partial charge in [0, 0.05) is 46.7 Å². The first-order valence-corrected chi connectivity index (χ1v) is 17.8. The highest BCUT2D eigenvalue weighted by atomic mass is 35.5. The summed E-state index contributed by atoms with van der Waals surface area (Å²) < 4.78 is 12.8. The summed E-state index contributed by atoms with van der Waals surface area (Å²) >= 11 is 13.4. The molecule has 6 N–H and O–H groups in total. The minimum absolute atomic E-state index is 0.120. The maximum atomic E-state index is 12.9. The van der Waals surface area contributed by atoms with Crippen LogP contribution in [0.1, 0.15) is 62.1 Å². The average molecular weight is 734 g/mol. The fourth-order valence-corrected chi connectivity index (χ4v) is 6.51. The van der Waals surface area contributed by atoms with Crippen LogP contribution in [-0.2, 0) is 28.2 Å². The SMILES string of the molecule is CC(O)CN(CCCCc1cc(Cl)c(COC2(c3cnccc3-c3ccccc3OC3CC3)CC2)cc1Cl)C(=O)C(O)C(O)C(O)C(O)CO. The number of aryl methyl sites for hydroxylation is 1. The van der Waals surface area contributed by atoms with E-state index in [2.05, 4.69) is 11.1 Å². The number of hydrogen-bond acceptors (Lipinski definition) is 10. The smallest absolute Gasteiger partial charge is 0.254 e. The molecule has 2 aliphatic carbocycles. The van der Waals surface area contributed by atoms with Crippen LogP contribution < -0.4 is 4.74 Å². The second kappa shape index (κ2) is 17.1. The van der Waals surface area contributed by atoms with Gasteiger partial charge in [-0.2, -0.15) is 0 Å². The van der Waals surface area contributed by atoms with E-state index in [9.17, 15) is 30.3 Å². The molecule has 5 unspecified atom stereocenters. The number of halogens is 2. The summed E-state index contributed by atoms with van der Waals surface area (Å²) in [5.41, 5.74) is 4.12. The summed E-state index contributed by atoms with van der Waals surface area (Å²) in [6.07, 6.45) is 0.637. The maximum absolute atomic E-state index is 12.9. The number of aliphatic hydroxyl groups excluding tert-OH is 6. The zero-order chi connectivity index (χ0) is 36.0. The van der Waals surface area contributed by atoms with Crippen LogP contribution in [0, 0.1) is 0 Å². The van der Waals surface area contributed by atoms with E-state index in [4.69, 9.17) is 37.8 Å². The number of pyridine rings is 1. The van der Waals surface area contributed by atoms with Crippen LogP contribution in [0.3, 0.4) is 0 Å². The molecule has 2 saturated carbocycles. The fourth-order valence-electron chi connectivity index (χ4n) is 5.99. The maximum Gasteiger partial charge on any atom is 0.254 e. The number of nitrogens with zero attached hydrogens (tertiary/aromatic N) is 2. The molecule has 272 valence electrons. The monoisotopic (exact) mass is 732 g/mol. The van der Waals surface area contributed by atoms with Crippen molar-refractivity contribution in [1.82, 2.24) is 9.88 Å². The van der Waals surface area contributed by atoms with Gasteiger partial charge in [0.15, 0.2) is 6.10 Å². The van der Waals surface area contributed by atoms with Gasteiger partial charge in [0.2, 0.25) is 0 Å². The number of unbranched alkanes of at least 4 members (excludes halogenated alkanes) is 1. The molecule has 0 aliphatic heterocycles. The summed E-state index contributed by atoms with van der Waals surface area (Å²) in [7, 11) is 0. The standard InChI is InChI=1S/C37H46Cl2N2O9/c1-22(43)19-41(36(48)35(47)34(46)33(45)31(44)20-42)15-5-4-6-23-16-30(39)24(17-29(23)38)21-49-37(12-13-37)28-18-40-14-11-26(28)27-7-2-3-8-32(27)50-25-9-10-25/h2-3,7-8,11,14,16-18,22,25,31,33-35,42-47H,4-6,9-10,12-13,15,19-21H2,1H3. The Bertz CT molecular complexity index is 1600. The Hall–Kier alpha value is -2.84. The highest BCUT2D eigenvalue weighted by Gasteiger charge is 2.48. The van der Waals surface area contributed by atoms with Gasteiger partial charge >= 0.3 is 0 Å². The number of rotatable bonds is 19. The Morgan fingerprint density at radius 3 is 2.36 bits per heavy atom. The number of hydrogen-bond donors (Lipinski definition) is 6. The quantitative estimate of drug-likeness (QED) is 0.0997. The number of aliphatic hydroxyl groups is 6. The number of benzene rings is 2. The second-order valence-electron chi connectivity index (χ2n) is 13.3. The van der Waals surface area contributed by atoms with Crippen LogP contribution in [0.5, 0.6) is 5.75 Å².